The van der Waals surface area contributed by atoms with E-state index in [9.17, 15) is 4.79 Å². The van der Waals surface area contributed by atoms with Crippen molar-refractivity contribution in [2.75, 3.05) is 18.0 Å². The van der Waals surface area contributed by atoms with E-state index in [2.05, 4.69) is 22.8 Å². The maximum Gasteiger partial charge on any atom is 0.236 e. The van der Waals surface area contributed by atoms with Crippen molar-refractivity contribution in [1.82, 2.24) is 0 Å². The molecular formula is C20H19NO. The minimum Gasteiger partial charge on any atom is -0.371 e. The predicted molar refractivity (Wildman–Crippen MR) is 90.2 cm³/mol. The van der Waals surface area contributed by atoms with E-state index in [1.165, 1.54) is 19.3 Å². The lowest BCUT2D eigenvalue weighted by atomic mass is 10.1. The second-order valence-corrected chi connectivity index (χ2v) is 5.51. The van der Waals surface area contributed by atoms with Crippen molar-refractivity contribution in [1.29, 1.82) is 0 Å². The van der Waals surface area contributed by atoms with Crippen molar-refractivity contribution in [2.24, 2.45) is 0 Å². The van der Waals surface area contributed by atoms with E-state index in [1.807, 2.05) is 36.4 Å². The van der Waals surface area contributed by atoms with Gasteiger partial charge in [0.2, 0.25) is 5.78 Å². The molecule has 3 rings (SSSR count). The van der Waals surface area contributed by atoms with Crippen LogP contribution in [0.4, 0.5) is 5.69 Å². The van der Waals surface area contributed by atoms with Crippen molar-refractivity contribution in [3.63, 3.8) is 0 Å². The number of hydrogen-bond acceptors (Lipinski definition) is 2. The Hall–Kier alpha value is -2.53. The summed E-state index contributed by atoms with van der Waals surface area (Å²) in [6, 6.07) is 17.3. The van der Waals surface area contributed by atoms with Crippen molar-refractivity contribution < 1.29 is 4.79 Å². The molecule has 0 radical (unpaired) electrons. The number of carbonyl (C=O) groups excluding carboxylic acids is 1. The number of hydrogen-bond donors (Lipinski definition) is 0. The Balaban J connectivity index is 1.84. The summed E-state index contributed by atoms with van der Waals surface area (Å²) < 4.78 is 0. The van der Waals surface area contributed by atoms with Crippen LogP contribution in [0.1, 0.15) is 35.2 Å². The molecule has 0 spiro atoms. The van der Waals surface area contributed by atoms with Gasteiger partial charge in [0.05, 0.1) is 5.69 Å². The lowest BCUT2D eigenvalue weighted by Crippen LogP contribution is -2.29. The third-order valence-corrected chi connectivity index (χ3v) is 3.95. The Morgan fingerprint density at radius 3 is 2.32 bits per heavy atom. The van der Waals surface area contributed by atoms with Crippen LogP contribution in [0.25, 0.3) is 0 Å². The molecule has 1 saturated heterocycles. The van der Waals surface area contributed by atoms with Crippen LogP contribution in [0.15, 0.2) is 54.6 Å². The van der Waals surface area contributed by atoms with Crippen LogP contribution in [0.2, 0.25) is 0 Å². The maximum atomic E-state index is 12.1. The fourth-order valence-corrected chi connectivity index (χ4v) is 2.78. The highest BCUT2D eigenvalue weighted by molar-refractivity contribution is 6.09. The van der Waals surface area contributed by atoms with E-state index >= 15 is 0 Å². The molecule has 2 aromatic carbocycles. The molecule has 0 bridgehead atoms. The maximum absolute atomic E-state index is 12.1. The normalized spacial score (nSPS) is 14.1. The molecule has 2 heteroatoms. The fourth-order valence-electron chi connectivity index (χ4n) is 2.78. The van der Waals surface area contributed by atoms with Crippen LogP contribution >= 0.6 is 0 Å². The van der Waals surface area contributed by atoms with Crippen molar-refractivity contribution in [3.8, 4) is 11.8 Å². The summed E-state index contributed by atoms with van der Waals surface area (Å²) in [5, 5.41) is 0. The third kappa shape index (κ3) is 3.38. The Morgan fingerprint density at radius 1 is 0.864 bits per heavy atom. The largest absolute Gasteiger partial charge is 0.371 e. The lowest BCUT2D eigenvalue weighted by Gasteiger charge is -2.29. The number of carbonyl (C=O) groups is 1. The number of Topliss-reactive ketones (excluding diaryl/α,β-unsaturated/α-hetero) is 1. The van der Waals surface area contributed by atoms with Crippen LogP contribution < -0.4 is 4.90 Å². The van der Waals surface area contributed by atoms with Gasteiger partial charge in [0.25, 0.3) is 0 Å². The summed E-state index contributed by atoms with van der Waals surface area (Å²) in [4.78, 5) is 14.5. The van der Waals surface area contributed by atoms with Crippen molar-refractivity contribution in [2.45, 2.75) is 19.3 Å². The summed E-state index contributed by atoms with van der Waals surface area (Å²) in [5.74, 6) is 5.72. The van der Waals surface area contributed by atoms with E-state index in [0.29, 0.717) is 5.56 Å². The molecule has 0 saturated carbocycles. The number of piperidine rings is 1. The zero-order chi connectivity index (χ0) is 15.2. The van der Waals surface area contributed by atoms with Crippen LogP contribution in [0, 0.1) is 11.8 Å². The standard InChI is InChI=1S/C20H19NO/c22-20(18-10-3-1-4-11-18)14-13-17-9-5-6-12-19(17)21-15-7-2-8-16-21/h1,3-6,9-12H,2,7-8,15-16H2. The number of para-hydroxylation sites is 1. The highest BCUT2D eigenvalue weighted by Crippen LogP contribution is 2.23. The summed E-state index contributed by atoms with van der Waals surface area (Å²) in [6.07, 6.45) is 3.76. The fraction of sp³-hybridized carbons (Fsp3) is 0.250. The van der Waals surface area contributed by atoms with Gasteiger partial charge in [0.15, 0.2) is 0 Å². The van der Waals surface area contributed by atoms with Crippen LogP contribution in [-0.4, -0.2) is 18.9 Å². The molecule has 1 heterocycles. The van der Waals surface area contributed by atoms with E-state index in [1.54, 1.807) is 12.1 Å². The van der Waals surface area contributed by atoms with Crippen LogP contribution in [0.5, 0.6) is 0 Å². The zero-order valence-corrected chi connectivity index (χ0v) is 12.6. The smallest absolute Gasteiger partial charge is 0.236 e. The highest BCUT2D eigenvalue weighted by atomic mass is 16.1. The summed E-state index contributed by atoms with van der Waals surface area (Å²) >= 11 is 0. The minimum atomic E-state index is -0.131. The zero-order valence-electron chi connectivity index (χ0n) is 12.6. The summed E-state index contributed by atoms with van der Waals surface area (Å²) in [6.45, 7) is 2.15. The number of anilines is 1. The molecule has 0 aromatic heterocycles. The minimum absolute atomic E-state index is 0.131. The molecule has 0 N–H and O–H groups in total. The molecule has 0 unspecified atom stereocenters. The average Bonchev–Trinajstić information content (AvgIpc) is 2.61. The molecule has 22 heavy (non-hydrogen) atoms. The first kappa shape index (κ1) is 14.4. The topological polar surface area (TPSA) is 20.3 Å². The molecular weight excluding hydrogens is 270 g/mol. The van der Waals surface area contributed by atoms with E-state index < -0.39 is 0 Å². The molecule has 110 valence electrons. The Bertz CT molecular complexity index is 703. The van der Waals surface area contributed by atoms with Gasteiger partial charge >= 0.3 is 0 Å². The molecule has 1 aliphatic heterocycles. The molecule has 0 aliphatic carbocycles. The van der Waals surface area contributed by atoms with E-state index in [-0.39, 0.29) is 5.78 Å². The van der Waals surface area contributed by atoms with Gasteiger partial charge in [-0.05, 0) is 37.3 Å². The van der Waals surface area contributed by atoms with Gasteiger partial charge in [0, 0.05) is 24.2 Å². The first-order valence-electron chi connectivity index (χ1n) is 7.80. The van der Waals surface area contributed by atoms with E-state index in [4.69, 9.17) is 0 Å². The predicted octanol–water partition coefficient (Wildman–Crippen LogP) is 3.91. The van der Waals surface area contributed by atoms with Crippen molar-refractivity contribution in [3.05, 3.63) is 65.7 Å². The first-order valence-corrected chi connectivity index (χ1v) is 7.80. The average molecular weight is 289 g/mol. The quantitative estimate of drug-likeness (QED) is 0.617. The van der Waals surface area contributed by atoms with E-state index in [0.717, 1.165) is 24.3 Å². The first-order chi connectivity index (χ1) is 10.8. The molecule has 2 aromatic rings. The van der Waals surface area contributed by atoms with Gasteiger partial charge in [-0.2, -0.15) is 0 Å². The van der Waals surface area contributed by atoms with Gasteiger partial charge in [-0.1, -0.05) is 48.4 Å². The summed E-state index contributed by atoms with van der Waals surface area (Å²) in [7, 11) is 0. The SMILES string of the molecule is O=C(C#Cc1ccccc1N1CCCCC1)c1ccccc1. The molecule has 1 aliphatic rings. The highest BCUT2D eigenvalue weighted by Gasteiger charge is 2.13. The number of nitrogens with zero attached hydrogens (tertiary/aromatic N) is 1. The monoisotopic (exact) mass is 289 g/mol. The third-order valence-electron chi connectivity index (χ3n) is 3.95. The Kier molecular flexibility index (Phi) is 4.56. The van der Waals surface area contributed by atoms with Crippen LogP contribution in [-0.2, 0) is 0 Å². The molecule has 2 nitrogen and oxygen atoms in total. The van der Waals surface area contributed by atoms with Crippen molar-refractivity contribution >= 4 is 11.5 Å². The van der Waals surface area contributed by atoms with Crippen LogP contribution in [0.3, 0.4) is 0 Å². The second-order valence-electron chi connectivity index (χ2n) is 5.51. The van der Waals surface area contributed by atoms with Gasteiger partial charge < -0.3 is 4.90 Å². The second kappa shape index (κ2) is 6.95. The Morgan fingerprint density at radius 2 is 1.55 bits per heavy atom. The lowest BCUT2D eigenvalue weighted by molar-refractivity contribution is 0.105. The summed E-state index contributed by atoms with van der Waals surface area (Å²) in [5.41, 5.74) is 2.73. The number of benzene rings is 2. The molecule has 0 atom stereocenters. The van der Waals surface area contributed by atoms with Gasteiger partial charge in [-0.15, -0.1) is 0 Å². The molecule has 0 amide bonds. The number of rotatable bonds is 2. The van der Waals surface area contributed by atoms with Gasteiger partial charge in [-0.3, -0.25) is 4.79 Å². The van der Waals surface area contributed by atoms with Gasteiger partial charge in [-0.25, -0.2) is 0 Å². The Labute approximate surface area is 131 Å². The number of ketones is 1. The molecule has 1 fully saturated rings. The van der Waals surface area contributed by atoms with Gasteiger partial charge in [0.1, 0.15) is 0 Å².